The Labute approximate surface area is 162 Å². The zero-order valence-corrected chi connectivity index (χ0v) is 15.4. The average molecular weight is 388 g/mol. The Hall–Kier alpha value is -2.18. The van der Waals surface area contributed by atoms with Crippen molar-refractivity contribution in [1.29, 1.82) is 0 Å². The van der Waals surface area contributed by atoms with Crippen molar-refractivity contribution in [1.82, 2.24) is 0 Å². The van der Waals surface area contributed by atoms with Crippen molar-refractivity contribution in [3.63, 3.8) is 0 Å². The van der Waals surface area contributed by atoms with Gasteiger partial charge >= 0.3 is 0 Å². The molecular formula is C22H22F2O4. The highest BCUT2D eigenvalue weighted by Crippen LogP contribution is 2.33. The third-order valence-electron chi connectivity index (χ3n) is 5.55. The maximum Gasteiger partial charge on any atom is 0.127 e. The first kappa shape index (κ1) is 17.9. The fourth-order valence-corrected chi connectivity index (χ4v) is 3.82. The molecule has 4 heterocycles. The van der Waals surface area contributed by atoms with Crippen LogP contribution in [0.15, 0.2) is 36.4 Å². The van der Waals surface area contributed by atoms with Gasteiger partial charge in [0.1, 0.15) is 47.5 Å². The molecule has 4 unspecified atom stereocenters. The molecule has 2 aromatic carbocycles. The largest absolute Gasteiger partial charge is 0.487 e. The molecule has 0 spiro atoms. The van der Waals surface area contributed by atoms with Crippen molar-refractivity contribution < 1.29 is 27.7 Å². The summed E-state index contributed by atoms with van der Waals surface area (Å²) in [6, 6.07) is 9.40. The lowest BCUT2D eigenvalue weighted by molar-refractivity contribution is 0.136. The third kappa shape index (κ3) is 3.98. The van der Waals surface area contributed by atoms with Crippen LogP contribution in [0.1, 0.15) is 24.0 Å². The number of hydrogen-bond donors (Lipinski definition) is 0. The van der Waals surface area contributed by atoms with Crippen molar-refractivity contribution in [3.8, 4) is 11.5 Å². The van der Waals surface area contributed by atoms with E-state index in [0.29, 0.717) is 0 Å². The molecule has 4 atom stereocenters. The van der Waals surface area contributed by atoms with E-state index in [-0.39, 0.29) is 36.1 Å². The second-order valence-electron chi connectivity index (χ2n) is 7.64. The van der Waals surface area contributed by atoms with Crippen molar-refractivity contribution in [2.24, 2.45) is 0 Å². The first-order chi connectivity index (χ1) is 13.7. The number of hydrogen-bond acceptors (Lipinski definition) is 4. The normalized spacial score (nSPS) is 29.2. The predicted octanol–water partition coefficient (Wildman–Crippen LogP) is 3.84. The number of aryl methyl sites for hydroxylation is 2. The highest BCUT2D eigenvalue weighted by atomic mass is 19.1. The van der Waals surface area contributed by atoms with Gasteiger partial charge in [-0.25, -0.2) is 8.78 Å². The van der Waals surface area contributed by atoms with Gasteiger partial charge in [-0.05, 0) is 73.2 Å². The van der Waals surface area contributed by atoms with Crippen LogP contribution >= 0.6 is 0 Å². The smallest absolute Gasteiger partial charge is 0.127 e. The number of ether oxygens (including phenoxy) is 4. The highest BCUT2D eigenvalue weighted by molar-refractivity contribution is 5.37. The molecule has 4 nitrogen and oxygen atoms in total. The molecule has 0 N–H and O–H groups in total. The Morgan fingerprint density at radius 1 is 0.643 bits per heavy atom. The molecule has 2 aromatic rings. The monoisotopic (exact) mass is 388 g/mol. The second kappa shape index (κ2) is 7.33. The average Bonchev–Trinajstić information content (AvgIpc) is 3.60. The fraction of sp³-hybridized carbons (Fsp3) is 0.455. The molecule has 4 aliphatic heterocycles. The number of fused-ring (bicyclic) bond motifs is 2. The first-order valence-electron chi connectivity index (χ1n) is 9.79. The van der Waals surface area contributed by atoms with E-state index in [4.69, 9.17) is 18.9 Å². The lowest BCUT2D eigenvalue weighted by atomic mass is 10.0. The van der Waals surface area contributed by atoms with E-state index >= 15 is 0 Å². The molecule has 0 saturated carbocycles. The Morgan fingerprint density at radius 3 is 1.46 bits per heavy atom. The Bertz CT molecular complexity index is 792. The van der Waals surface area contributed by atoms with Gasteiger partial charge in [-0.15, -0.1) is 0 Å². The van der Waals surface area contributed by atoms with E-state index in [9.17, 15) is 8.78 Å². The molecule has 0 radical (unpaired) electrons. The summed E-state index contributed by atoms with van der Waals surface area (Å²) >= 11 is 0. The summed E-state index contributed by atoms with van der Waals surface area (Å²) in [6.07, 6.45) is 4.53. The molecular weight excluding hydrogens is 366 g/mol. The van der Waals surface area contributed by atoms with Crippen LogP contribution < -0.4 is 9.47 Å². The van der Waals surface area contributed by atoms with Gasteiger partial charge in [0.25, 0.3) is 0 Å². The van der Waals surface area contributed by atoms with Gasteiger partial charge in [-0.1, -0.05) is 0 Å². The molecule has 148 valence electrons. The quantitative estimate of drug-likeness (QED) is 0.734. The van der Waals surface area contributed by atoms with Gasteiger partial charge in [0, 0.05) is 0 Å². The molecule has 6 heteroatoms. The minimum absolute atomic E-state index is 0.174. The summed E-state index contributed by atoms with van der Waals surface area (Å²) in [5.41, 5.74) is 1.95. The lowest BCUT2D eigenvalue weighted by Gasteiger charge is -2.24. The molecule has 0 amide bonds. The third-order valence-corrected chi connectivity index (χ3v) is 5.55. The predicted molar refractivity (Wildman–Crippen MR) is 97.8 cm³/mol. The molecule has 6 rings (SSSR count). The summed E-state index contributed by atoms with van der Waals surface area (Å²) < 4.78 is 47.6. The zero-order chi connectivity index (χ0) is 19.1. The minimum Gasteiger partial charge on any atom is -0.487 e. The first-order valence-corrected chi connectivity index (χ1v) is 9.79. The van der Waals surface area contributed by atoms with Gasteiger partial charge in [-0.3, -0.25) is 0 Å². The van der Waals surface area contributed by atoms with Gasteiger partial charge in [-0.2, -0.15) is 0 Å². The van der Waals surface area contributed by atoms with Crippen molar-refractivity contribution in [2.75, 3.05) is 13.2 Å². The maximum absolute atomic E-state index is 12.9. The van der Waals surface area contributed by atoms with Gasteiger partial charge in [0.05, 0.1) is 13.2 Å². The topological polar surface area (TPSA) is 43.5 Å². The molecule has 0 bridgehead atoms. The van der Waals surface area contributed by atoms with Crippen LogP contribution in [0.2, 0.25) is 0 Å². The van der Waals surface area contributed by atoms with E-state index in [1.54, 1.807) is 24.3 Å². The Morgan fingerprint density at radius 2 is 1.07 bits per heavy atom. The molecule has 4 aliphatic rings. The zero-order valence-electron chi connectivity index (χ0n) is 15.4. The van der Waals surface area contributed by atoms with Crippen LogP contribution in [0.5, 0.6) is 11.5 Å². The van der Waals surface area contributed by atoms with Crippen molar-refractivity contribution >= 4 is 0 Å². The SMILES string of the molecule is Fc1ccc2c(c1)CCC(C1CO1)O2.Fc1ccc2c(c1)CCC(C1CO1)O2. The second-order valence-corrected chi connectivity index (χ2v) is 7.64. The van der Waals surface area contributed by atoms with Crippen LogP contribution in [0, 0.1) is 11.6 Å². The van der Waals surface area contributed by atoms with Crippen LogP contribution in [0.4, 0.5) is 8.78 Å². The Balaban J connectivity index is 0.000000122. The number of halogens is 2. The summed E-state index contributed by atoms with van der Waals surface area (Å²) in [5.74, 6) is 1.26. The molecule has 28 heavy (non-hydrogen) atoms. The van der Waals surface area contributed by atoms with Gasteiger partial charge in [0.2, 0.25) is 0 Å². The number of benzene rings is 2. The summed E-state index contributed by atoms with van der Waals surface area (Å²) in [7, 11) is 0. The number of rotatable bonds is 2. The molecule has 2 saturated heterocycles. The van der Waals surface area contributed by atoms with E-state index < -0.39 is 0 Å². The summed E-state index contributed by atoms with van der Waals surface area (Å²) in [4.78, 5) is 0. The number of epoxide rings is 2. The minimum atomic E-state index is -0.187. The summed E-state index contributed by atoms with van der Waals surface area (Å²) in [5, 5.41) is 0. The standard InChI is InChI=1S/2C11H11FO2/c2*12-8-2-4-9-7(5-8)1-3-10(14-9)11-6-13-11/h2*2,4-5,10-11H,1,3,6H2. The van der Waals surface area contributed by atoms with Crippen LogP contribution in [-0.4, -0.2) is 37.6 Å². The van der Waals surface area contributed by atoms with Crippen LogP contribution in [0.25, 0.3) is 0 Å². The van der Waals surface area contributed by atoms with Crippen LogP contribution in [0.3, 0.4) is 0 Å². The van der Waals surface area contributed by atoms with Crippen molar-refractivity contribution in [3.05, 3.63) is 59.2 Å². The molecule has 0 aromatic heterocycles. The van der Waals surface area contributed by atoms with E-state index in [2.05, 4.69) is 0 Å². The summed E-state index contributed by atoms with van der Waals surface area (Å²) in [6.45, 7) is 1.61. The van der Waals surface area contributed by atoms with Gasteiger partial charge < -0.3 is 18.9 Å². The van der Waals surface area contributed by atoms with E-state index in [1.165, 1.54) is 12.1 Å². The molecule has 0 aliphatic carbocycles. The lowest BCUT2D eigenvalue weighted by Crippen LogP contribution is -2.27. The van der Waals surface area contributed by atoms with E-state index in [0.717, 1.165) is 61.5 Å². The fourth-order valence-electron chi connectivity index (χ4n) is 3.82. The molecule has 2 fully saturated rings. The van der Waals surface area contributed by atoms with Crippen molar-refractivity contribution in [2.45, 2.75) is 50.1 Å². The van der Waals surface area contributed by atoms with Crippen LogP contribution in [-0.2, 0) is 22.3 Å². The van der Waals surface area contributed by atoms with E-state index in [1.807, 2.05) is 0 Å². The van der Waals surface area contributed by atoms with Gasteiger partial charge in [0.15, 0.2) is 0 Å². The maximum atomic E-state index is 12.9. The highest BCUT2D eigenvalue weighted by Gasteiger charge is 2.37. The Kier molecular flexibility index (Phi) is 4.69.